The van der Waals surface area contributed by atoms with Crippen molar-refractivity contribution in [1.29, 1.82) is 0 Å². The third kappa shape index (κ3) is 3.34. The fourth-order valence-electron chi connectivity index (χ4n) is 3.33. The number of nitrogens with zero attached hydrogens (tertiary/aromatic N) is 1. The van der Waals surface area contributed by atoms with Gasteiger partial charge in [-0.2, -0.15) is 0 Å². The molecule has 1 aromatic heterocycles. The van der Waals surface area contributed by atoms with Crippen molar-refractivity contribution in [3.05, 3.63) is 81.3 Å². The number of amides is 1. The van der Waals surface area contributed by atoms with Crippen LogP contribution in [0.4, 0.5) is 5.69 Å². The summed E-state index contributed by atoms with van der Waals surface area (Å²) >= 11 is 3.43. The third-order valence-electron chi connectivity index (χ3n) is 4.75. The Morgan fingerprint density at radius 1 is 1.04 bits per heavy atom. The van der Waals surface area contributed by atoms with Gasteiger partial charge in [0.1, 0.15) is 5.52 Å². The van der Waals surface area contributed by atoms with Crippen molar-refractivity contribution in [2.75, 3.05) is 5.32 Å². The Morgan fingerprint density at radius 3 is 2.61 bits per heavy atom. The normalized spacial score (nSPS) is 11.0. The van der Waals surface area contributed by atoms with Crippen LogP contribution in [0.3, 0.4) is 0 Å². The Balaban J connectivity index is 1.72. The van der Waals surface area contributed by atoms with Crippen LogP contribution in [0.2, 0.25) is 0 Å². The molecule has 0 aliphatic heterocycles. The topological polar surface area (TPSA) is 55.1 Å². The third-order valence-corrected chi connectivity index (χ3v) is 5.44. The number of carbonyl (C=O) groups is 1. The highest BCUT2D eigenvalue weighted by Gasteiger charge is 2.16. The highest BCUT2D eigenvalue weighted by atomic mass is 79.9. The van der Waals surface area contributed by atoms with Crippen molar-refractivity contribution in [3.63, 3.8) is 0 Å². The molecule has 0 unspecified atom stereocenters. The molecule has 4 nitrogen and oxygen atoms in total. The van der Waals surface area contributed by atoms with E-state index in [0.29, 0.717) is 11.5 Å². The number of rotatable bonds is 3. The molecule has 0 saturated carbocycles. The molecule has 0 bridgehead atoms. The van der Waals surface area contributed by atoms with Gasteiger partial charge in [0, 0.05) is 15.7 Å². The molecule has 5 heteroatoms. The van der Waals surface area contributed by atoms with Crippen LogP contribution in [0.25, 0.3) is 22.6 Å². The van der Waals surface area contributed by atoms with Crippen molar-refractivity contribution in [1.82, 2.24) is 4.98 Å². The Kier molecular flexibility index (Phi) is 4.77. The minimum absolute atomic E-state index is 0.170. The van der Waals surface area contributed by atoms with Crippen molar-refractivity contribution in [2.45, 2.75) is 20.8 Å². The zero-order valence-electron chi connectivity index (χ0n) is 15.8. The van der Waals surface area contributed by atoms with Gasteiger partial charge in [-0.3, -0.25) is 4.79 Å². The number of benzene rings is 3. The average Bonchev–Trinajstić information content (AvgIpc) is 3.08. The van der Waals surface area contributed by atoms with Crippen molar-refractivity contribution < 1.29 is 9.21 Å². The van der Waals surface area contributed by atoms with Gasteiger partial charge in [0.2, 0.25) is 5.89 Å². The summed E-state index contributed by atoms with van der Waals surface area (Å²) in [6.45, 7) is 6.02. The van der Waals surface area contributed by atoms with Gasteiger partial charge >= 0.3 is 0 Å². The Labute approximate surface area is 171 Å². The van der Waals surface area contributed by atoms with Gasteiger partial charge in [-0.05, 0) is 83.7 Å². The maximum absolute atomic E-state index is 12.7. The molecule has 0 atom stereocenters. The Morgan fingerprint density at radius 2 is 1.82 bits per heavy atom. The van der Waals surface area contributed by atoms with Crippen LogP contribution in [-0.4, -0.2) is 10.9 Å². The van der Waals surface area contributed by atoms with Gasteiger partial charge in [0.05, 0.1) is 5.56 Å². The van der Waals surface area contributed by atoms with E-state index in [0.717, 1.165) is 43.5 Å². The minimum Gasteiger partial charge on any atom is -0.436 e. The lowest BCUT2D eigenvalue weighted by atomic mass is 10.1. The van der Waals surface area contributed by atoms with Gasteiger partial charge in [-0.1, -0.05) is 24.3 Å². The predicted octanol–water partition coefficient (Wildman–Crippen LogP) is 6.43. The van der Waals surface area contributed by atoms with E-state index < -0.39 is 0 Å². The fourth-order valence-corrected chi connectivity index (χ4v) is 3.79. The van der Waals surface area contributed by atoms with Crippen LogP contribution >= 0.6 is 15.9 Å². The highest BCUT2D eigenvalue weighted by Crippen LogP contribution is 2.32. The monoisotopic (exact) mass is 434 g/mol. The van der Waals surface area contributed by atoms with E-state index in [-0.39, 0.29) is 5.91 Å². The van der Waals surface area contributed by atoms with E-state index >= 15 is 0 Å². The van der Waals surface area contributed by atoms with Crippen molar-refractivity contribution in [3.8, 4) is 11.5 Å². The first kappa shape index (κ1) is 18.4. The second-order valence-corrected chi connectivity index (χ2v) is 7.72. The smallest absolute Gasteiger partial charge is 0.256 e. The molecule has 0 fully saturated rings. The molecule has 3 aromatic carbocycles. The summed E-state index contributed by atoms with van der Waals surface area (Å²) in [4.78, 5) is 17.3. The molecular weight excluding hydrogens is 416 g/mol. The van der Waals surface area contributed by atoms with Gasteiger partial charge < -0.3 is 9.73 Å². The molecule has 0 spiro atoms. The summed E-state index contributed by atoms with van der Waals surface area (Å²) in [6, 6.07) is 17.2. The van der Waals surface area contributed by atoms with E-state index in [1.165, 1.54) is 0 Å². The first-order chi connectivity index (χ1) is 13.4. The molecule has 1 heterocycles. The number of anilines is 1. The van der Waals surface area contributed by atoms with Gasteiger partial charge in [-0.15, -0.1) is 0 Å². The van der Waals surface area contributed by atoms with E-state index in [1.807, 2.05) is 63.2 Å². The number of halogens is 1. The quantitative estimate of drug-likeness (QED) is 0.403. The second-order valence-electron chi connectivity index (χ2n) is 6.86. The summed E-state index contributed by atoms with van der Waals surface area (Å²) in [5.41, 5.74) is 6.92. The van der Waals surface area contributed by atoms with E-state index in [9.17, 15) is 4.79 Å². The molecule has 0 saturated heterocycles. The summed E-state index contributed by atoms with van der Waals surface area (Å²) in [5.74, 6) is 0.384. The predicted molar refractivity (Wildman–Crippen MR) is 116 cm³/mol. The summed E-state index contributed by atoms with van der Waals surface area (Å²) < 4.78 is 6.81. The molecule has 140 valence electrons. The van der Waals surface area contributed by atoms with Gasteiger partial charge in [-0.25, -0.2) is 4.98 Å². The lowest BCUT2D eigenvalue weighted by Crippen LogP contribution is -2.13. The van der Waals surface area contributed by atoms with Crippen LogP contribution in [0.5, 0.6) is 0 Å². The fraction of sp³-hybridized carbons (Fsp3) is 0.130. The molecule has 0 radical (unpaired) electrons. The van der Waals surface area contributed by atoms with Crippen LogP contribution < -0.4 is 5.32 Å². The number of nitrogens with one attached hydrogen (secondary N) is 1. The molecular formula is C23H19BrN2O2. The van der Waals surface area contributed by atoms with Crippen LogP contribution in [0, 0.1) is 20.8 Å². The Hall–Kier alpha value is -2.92. The van der Waals surface area contributed by atoms with Gasteiger partial charge in [0.15, 0.2) is 5.58 Å². The number of oxazole rings is 1. The molecule has 28 heavy (non-hydrogen) atoms. The number of hydrogen-bond donors (Lipinski definition) is 1. The summed E-state index contributed by atoms with van der Waals surface area (Å²) in [5, 5.41) is 2.99. The standard InChI is InChI=1S/C23H19BrN2O2/c1-13-11-14(2)21-20(12-13)26-23(28-21)16-8-6-10-19(15(16)3)25-22(27)17-7-4-5-9-18(17)24/h4-12H,1-3H3,(H,25,27). The Bertz CT molecular complexity index is 1210. The first-order valence-corrected chi connectivity index (χ1v) is 9.77. The highest BCUT2D eigenvalue weighted by molar-refractivity contribution is 9.10. The summed E-state index contributed by atoms with van der Waals surface area (Å²) in [6.07, 6.45) is 0. The van der Waals surface area contributed by atoms with Crippen LogP contribution in [0.15, 0.2) is 63.5 Å². The van der Waals surface area contributed by atoms with Crippen LogP contribution in [-0.2, 0) is 0 Å². The van der Waals surface area contributed by atoms with Crippen LogP contribution in [0.1, 0.15) is 27.0 Å². The molecule has 0 aliphatic rings. The van der Waals surface area contributed by atoms with Crippen molar-refractivity contribution >= 4 is 38.6 Å². The lowest BCUT2D eigenvalue weighted by Gasteiger charge is -2.11. The van der Waals surface area contributed by atoms with E-state index in [2.05, 4.69) is 32.3 Å². The molecule has 4 aromatic rings. The minimum atomic E-state index is -0.170. The first-order valence-electron chi connectivity index (χ1n) is 8.97. The largest absolute Gasteiger partial charge is 0.436 e. The van der Waals surface area contributed by atoms with Crippen molar-refractivity contribution in [2.24, 2.45) is 0 Å². The lowest BCUT2D eigenvalue weighted by molar-refractivity contribution is 0.102. The number of hydrogen-bond acceptors (Lipinski definition) is 3. The van der Waals surface area contributed by atoms with E-state index in [4.69, 9.17) is 4.42 Å². The molecule has 4 rings (SSSR count). The maximum atomic E-state index is 12.7. The molecule has 1 N–H and O–H groups in total. The maximum Gasteiger partial charge on any atom is 0.256 e. The summed E-state index contributed by atoms with van der Waals surface area (Å²) in [7, 11) is 0. The zero-order valence-corrected chi connectivity index (χ0v) is 17.4. The SMILES string of the molecule is Cc1cc(C)c2oc(-c3cccc(NC(=O)c4ccccc4Br)c3C)nc2c1. The van der Waals surface area contributed by atoms with E-state index in [1.54, 1.807) is 6.07 Å². The van der Waals surface area contributed by atoms with Gasteiger partial charge in [0.25, 0.3) is 5.91 Å². The number of aryl methyl sites for hydroxylation is 2. The molecule has 1 amide bonds. The second kappa shape index (κ2) is 7.24. The zero-order chi connectivity index (χ0) is 19.8. The average molecular weight is 435 g/mol. The molecule has 0 aliphatic carbocycles. The number of aromatic nitrogens is 1. The number of carbonyl (C=O) groups excluding carboxylic acids is 1. The number of fused-ring (bicyclic) bond motifs is 1.